The Balaban J connectivity index is 2.74. The molecule has 0 amide bonds. The van der Waals surface area contributed by atoms with Crippen LogP contribution in [0, 0.1) is 0 Å². The fourth-order valence-corrected chi connectivity index (χ4v) is 0.750. The molecule has 5 heteroatoms. The number of nitrogens with zero attached hydrogens (tertiary/aromatic N) is 1. The molecule has 0 spiro atoms. The molecule has 0 saturated carbocycles. The minimum Gasteiger partial charge on any atom is -0.481 e. The lowest BCUT2D eigenvalue weighted by molar-refractivity contribution is -0.136. The van der Waals surface area contributed by atoms with Crippen LogP contribution in [0.25, 0.3) is 0 Å². The Bertz CT molecular complexity index is 246. The van der Waals surface area contributed by atoms with E-state index >= 15 is 0 Å². The number of carboxylic acid groups (broad SMARTS) is 1. The van der Waals surface area contributed by atoms with E-state index in [2.05, 4.69) is 9.97 Å². The lowest BCUT2D eigenvalue weighted by atomic mass is 10.3. The van der Waals surface area contributed by atoms with Crippen LogP contribution in [0.15, 0.2) is 6.33 Å². The van der Waals surface area contributed by atoms with E-state index in [1.165, 1.54) is 6.33 Å². The molecule has 0 fully saturated rings. The van der Waals surface area contributed by atoms with Crippen LogP contribution in [0.3, 0.4) is 0 Å². The third-order valence-corrected chi connectivity index (χ3v) is 1.32. The summed E-state index contributed by atoms with van der Waals surface area (Å²) >= 11 is 5.48. The summed E-state index contributed by atoms with van der Waals surface area (Å²) in [7, 11) is 0. The third kappa shape index (κ3) is 1.48. The van der Waals surface area contributed by atoms with Gasteiger partial charge >= 0.3 is 5.97 Å². The molecule has 0 aliphatic rings. The maximum Gasteiger partial charge on any atom is 0.309 e. The first-order chi connectivity index (χ1) is 4.70. The van der Waals surface area contributed by atoms with Crippen molar-refractivity contribution in [2.45, 2.75) is 6.42 Å². The Morgan fingerprint density at radius 3 is 3.00 bits per heavy atom. The van der Waals surface area contributed by atoms with Gasteiger partial charge in [0, 0.05) is 0 Å². The molecule has 1 aromatic heterocycles. The minimum absolute atomic E-state index is 0.112. The number of aliphatic carboxylic acids is 1. The predicted molar refractivity (Wildman–Crippen MR) is 34.9 cm³/mol. The fraction of sp³-hybridized carbons (Fsp3) is 0.200. The van der Waals surface area contributed by atoms with Gasteiger partial charge in [-0.1, -0.05) is 11.6 Å². The van der Waals surface area contributed by atoms with Crippen molar-refractivity contribution in [3.8, 4) is 0 Å². The van der Waals surface area contributed by atoms with Crippen LogP contribution in [0.2, 0.25) is 5.15 Å². The first-order valence-corrected chi connectivity index (χ1v) is 2.97. The number of carboxylic acids is 1. The van der Waals surface area contributed by atoms with Crippen LogP contribution in [0.5, 0.6) is 0 Å². The van der Waals surface area contributed by atoms with Crippen molar-refractivity contribution >= 4 is 17.6 Å². The van der Waals surface area contributed by atoms with E-state index in [1.54, 1.807) is 0 Å². The summed E-state index contributed by atoms with van der Waals surface area (Å²) in [6.45, 7) is 0. The number of carbonyl (C=O) groups is 1. The minimum atomic E-state index is -0.925. The summed E-state index contributed by atoms with van der Waals surface area (Å²) < 4.78 is 0. The van der Waals surface area contributed by atoms with E-state index in [9.17, 15) is 4.79 Å². The van der Waals surface area contributed by atoms with Gasteiger partial charge in [-0.2, -0.15) is 0 Å². The van der Waals surface area contributed by atoms with Crippen LogP contribution in [-0.2, 0) is 11.2 Å². The quantitative estimate of drug-likeness (QED) is 0.669. The smallest absolute Gasteiger partial charge is 0.309 e. The topological polar surface area (TPSA) is 66.0 Å². The Hall–Kier alpha value is -1.03. The summed E-state index contributed by atoms with van der Waals surface area (Å²) in [5.41, 5.74) is 0.439. The highest BCUT2D eigenvalue weighted by molar-refractivity contribution is 6.30. The van der Waals surface area contributed by atoms with Crippen molar-refractivity contribution < 1.29 is 9.90 Å². The maximum atomic E-state index is 10.1. The van der Waals surface area contributed by atoms with E-state index < -0.39 is 5.97 Å². The summed E-state index contributed by atoms with van der Waals surface area (Å²) in [5, 5.41) is 8.53. The van der Waals surface area contributed by atoms with Crippen LogP contribution in [0.4, 0.5) is 0 Å². The Morgan fingerprint density at radius 1 is 1.90 bits per heavy atom. The van der Waals surface area contributed by atoms with Crippen molar-refractivity contribution in [1.29, 1.82) is 0 Å². The monoisotopic (exact) mass is 160 g/mol. The normalized spacial score (nSPS) is 9.70. The molecule has 0 aromatic carbocycles. The van der Waals surface area contributed by atoms with Gasteiger partial charge in [0.05, 0.1) is 18.4 Å². The number of rotatable bonds is 2. The predicted octanol–water partition coefficient (Wildman–Crippen LogP) is 0.690. The van der Waals surface area contributed by atoms with Gasteiger partial charge in [0.15, 0.2) is 5.15 Å². The molecule has 0 radical (unpaired) electrons. The molecule has 0 aliphatic carbocycles. The lowest BCUT2D eigenvalue weighted by Crippen LogP contribution is -2.00. The van der Waals surface area contributed by atoms with E-state index in [1.807, 2.05) is 0 Å². The molecule has 0 atom stereocenters. The maximum absolute atomic E-state index is 10.1. The number of nitrogens with one attached hydrogen (secondary N) is 1. The van der Waals surface area contributed by atoms with Gasteiger partial charge in [0.25, 0.3) is 0 Å². The molecule has 1 heterocycles. The van der Waals surface area contributed by atoms with Gasteiger partial charge in [-0.25, -0.2) is 4.98 Å². The van der Waals surface area contributed by atoms with E-state index in [0.717, 1.165) is 0 Å². The number of hydrogen-bond acceptors (Lipinski definition) is 2. The van der Waals surface area contributed by atoms with Gasteiger partial charge < -0.3 is 10.1 Å². The molecule has 2 N–H and O–H groups in total. The van der Waals surface area contributed by atoms with Gasteiger partial charge in [-0.15, -0.1) is 0 Å². The second kappa shape index (κ2) is 2.70. The second-order valence-electron chi connectivity index (χ2n) is 1.74. The average Bonchev–Trinajstić information content (AvgIpc) is 2.15. The highest BCUT2D eigenvalue weighted by Gasteiger charge is 2.05. The van der Waals surface area contributed by atoms with Crippen molar-refractivity contribution in [3.05, 3.63) is 17.2 Å². The molecule has 0 aliphatic heterocycles. The van der Waals surface area contributed by atoms with Crippen molar-refractivity contribution in [2.75, 3.05) is 0 Å². The number of halogens is 1. The van der Waals surface area contributed by atoms with Crippen LogP contribution < -0.4 is 0 Å². The van der Waals surface area contributed by atoms with Gasteiger partial charge in [-0.05, 0) is 0 Å². The van der Waals surface area contributed by atoms with Crippen molar-refractivity contribution in [1.82, 2.24) is 9.97 Å². The third-order valence-electron chi connectivity index (χ3n) is 0.994. The SMILES string of the molecule is O=C(O)Cc1[nH]cnc1Cl. The first kappa shape index (κ1) is 7.08. The molecular weight excluding hydrogens is 156 g/mol. The van der Waals surface area contributed by atoms with Crippen molar-refractivity contribution in [2.24, 2.45) is 0 Å². The number of H-pyrrole nitrogens is 1. The fourth-order valence-electron chi connectivity index (χ4n) is 0.580. The van der Waals surface area contributed by atoms with E-state index in [4.69, 9.17) is 16.7 Å². The summed E-state index contributed by atoms with van der Waals surface area (Å²) in [6.07, 6.45) is 1.25. The molecule has 54 valence electrons. The summed E-state index contributed by atoms with van der Waals surface area (Å²) in [4.78, 5) is 16.3. The number of hydrogen-bond donors (Lipinski definition) is 2. The zero-order valence-corrected chi connectivity index (χ0v) is 5.72. The Morgan fingerprint density at radius 2 is 2.60 bits per heavy atom. The summed E-state index contributed by atoms with van der Waals surface area (Å²) in [6, 6.07) is 0. The average molecular weight is 161 g/mol. The Labute approximate surface area is 61.8 Å². The standard InChI is InChI=1S/C5H5ClN2O2/c6-5-3(1-4(9)10)7-2-8-5/h2H,1H2,(H,7,8)(H,9,10). The van der Waals surface area contributed by atoms with Gasteiger partial charge in [0.2, 0.25) is 0 Å². The van der Waals surface area contributed by atoms with Gasteiger partial charge in [-0.3, -0.25) is 4.79 Å². The zero-order valence-electron chi connectivity index (χ0n) is 4.97. The molecule has 4 nitrogen and oxygen atoms in total. The molecule has 0 unspecified atom stereocenters. The number of aromatic nitrogens is 2. The highest BCUT2D eigenvalue weighted by atomic mass is 35.5. The summed E-state index contributed by atoms with van der Waals surface area (Å²) in [5.74, 6) is -0.925. The van der Waals surface area contributed by atoms with E-state index in [-0.39, 0.29) is 11.6 Å². The first-order valence-electron chi connectivity index (χ1n) is 2.59. The highest BCUT2D eigenvalue weighted by Crippen LogP contribution is 2.09. The molecule has 1 aromatic rings. The Kier molecular flexibility index (Phi) is 1.91. The molecule has 0 saturated heterocycles. The molecule has 0 bridgehead atoms. The largest absolute Gasteiger partial charge is 0.481 e. The second-order valence-corrected chi connectivity index (χ2v) is 2.10. The van der Waals surface area contributed by atoms with Crippen LogP contribution >= 0.6 is 11.6 Å². The van der Waals surface area contributed by atoms with Crippen LogP contribution in [-0.4, -0.2) is 21.0 Å². The number of aromatic amines is 1. The zero-order chi connectivity index (χ0) is 7.56. The van der Waals surface area contributed by atoms with Crippen molar-refractivity contribution in [3.63, 3.8) is 0 Å². The van der Waals surface area contributed by atoms with E-state index in [0.29, 0.717) is 5.69 Å². The molecule has 1 rings (SSSR count). The van der Waals surface area contributed by atoms with Crippen LogP contribution in [0.1, 0.15) is 5.69 Å². The number of imidazole rings is 1. The molecule has 10 heavy (non-hydrogen) atoms. The lowest BCUT2D eigenvalue weighted by Gasteiger charge is -1.89. The van der Waals surface area contributed by atoms with Gasteiger partial charge in [0.1, 0.15) is 0 Å². The molecular formula is C5H5ClN2O2.